The average molecular weight is 281 g/mol. The lowest BCUT2D eigenvalue weighted by Crippen LogP contribution is -2.40. The third-order valence-corrected chi connectivity index (χ3v) is 3.20. The van der Waals surface area contributed by atoms with Gasteiger partial charge in [0.25, 0.3) is 0 Å². The predicted octanol–water partition coefficient (Wildman–Crippen LogP) is 1.15. The molecule has 3 unspecified atom stereocenters. The Morgan fingerprint density at radius 1 is 1.30 bits per heavy atom. The van der Waals surface area contributed by atoms with Gasteiger partial charge in [0.1, 0.15) is 0 Å². The van der Waals surface area contributed by atoms with Crippen LogP contribution in [0.5, 0.6) is 0 Å². The van der Waals surface area contributed by atoms with Gasteiger partial charge in [-0.15, -0.1) is 0 Å². The fraction of sp³-hybridized carbons (Fsp3) is 0.533. The van der Waals surface area contributed by atoms with E-state index in [1.54, 1.807) is 6.92 Å². The lowest BCUT2D eigenvalue weighted by atomic mass is 9.94. The molecule has 1 rings (SSSR count). The Balaban J connectivity index is 2.93. The zero-order chi connectivity index (χ0) is 15.3. The van der Waals surface area contributed by atoms with E-state index in [2.05, 4.69) is 5.32 Å². The molecule has 0 bridgehead atoms. The van der Waals surface area contributed by atoms with E-state index in [-0.39, 0.29) is 13.0 Å². The Hall–Kier alpha value is -1.43. The first kappa shape index (κ1) is 16.6. The van der Waals surface area contributed by atoms with E-state index in [0.29, 0.717) is 5.56 Å². The summed E-state index contributed by atoms with van der Waals surface area (Å²) in [6.45, 7) is 5.64. The third kappa shape index (κ3) is 4.92. The number of aliphatic hydroxyl groups excluding tert-OH is 2. The van der Waals surface area contributed by atoms with Crippen LogP contribution in [0.25, 0.3) is 0 Å². The summed E-state index contributed by atoms with van der Waals surface area (Å²) < 4.78 is 0. The standard InChI is InChI=1S/C15H23NO4/c1-9-4-5-10(2)12(6-9)15(20)13(7-14(18)19)16-8-11(3)17/h4-6,11,13,15-17,20H,7-8H2,1-3H3,(H,18,19). The topological polar surface area (TPSA) is 89.8 Å². The number of aliphatic hydroxyl groups is 2. The van der Waals surface area contributed by atoms with Crippen molar-refractivity contribution in [3.05, 3.63) is 34.9 Å². The zero-order valence-electron chi connectivity index (χ0n) is 12.1. The quantitative estimate of drug-likeness (QED) is 0.602. The molecule has 112 valence electrons. The van der Waals surface area contributed by atoms with Gasteiger partial charge in [-0.2, -0.15) is 0 Å². The van der Waals surface area contributed by atoms with Crippen LogP contribution in [-0.4, -0.2) is 40.0 Å². The van der Waals surface area contributed by atoms with Crippen molar-refractivity contribution in [2.24, 2.45) is 0 Å². The van der Waals surface area contributed by atoms with Crippen molar-refractivity contribution in [1.29, 1.82) is 0 Å². The van der Waals surface area contributed by atoms with Gasteiger partial charge >= 0.3 is 5.97 Å². The smallest absolute Gasteiger partial charge is 0.305 e. The highest BCUT2D eigenvalue weighted by molar-refractivity contribution is 5.67. The molecule has 0 heterocycles. The summed E-state index contributed by atoms with van der Waals surface area (Å²) >= 11 is 0. The minimum atomic E-state index is -0.988. The van der Waals surface area contributed by atoms with Crippen molar-refractivity contribution in [1.82, 2.24) is 5.32 Å². The van der Waals surface area contributed by atoms with Crippen LogP contribution in [-0.2, 0) is 4.79 Å². The molecule has 0 fully saturated rings. The molecule has 0 aliphatic heterocycles. The number of carbonyl (C=O) groups is 1. The van der Waals surface area contributed by atoms with E-state index in [9.17, 15) is 15.0 Å². The van der Waals surface area contributed by atoms with Crippen molar-refractivity contribution in [2.75, 3.05) is 6.54 Å². The van der Waals surface area contributed by atoms with Crippen molar-refractivity contribution in [3.63, 3.8) is 0 Å². The molecule has 5 heteroatoms. The van der Waals surface area contributed by atoms with E-state index in [1.807, 2.05) is 32.0 Å². The first-order valence-electron chi connectivity index (χ1n) is 6.69. The summed E-state index contributed by atoms with van der Waals surface area (Å²) in [7, 11) is 0. The lowest BCUT2D eigenvalue weighted by molar-refractivity contribution is -0.138. The second-order valence-electron chi connectivity index (χ2n) is 5.27. The molecule has 20 heavy (non-hydrogen) atoms. The molecular weight excluding hydrogens is 258 g/mol. The fourth-order valence-corrected chi connectivity index (χ4v) is 2.10. The molecule has 0 spiro atoms. The first-order valence-corrected chi connectivity index (χ1v) is 6.69. The van der Waals surface area contributed by atoms with Crippen LogP contribution in [0.3, 0.4) is 0 Å². The van der Waals surface area contributed by atoms with Gasteiger partial charge in [0.2, 0.25) is 0 Å². The number of aryl methyl sites for hydroxylation is 2. The van der Waals surface area contributed by atoms with Crippen molar-refractivity contribution in [2.45, 2.75) is 45.4 Å². The second kappa shape index (κ2) is 7.38. The lowest BCUT2D eigenvalue weighted by Gasteiger charge is -2.25. The highest BCUT2D eigenvalue weighted by Crippen LogP contribution is 2.23. The monoisotopic (exact) mass is 281 g/mol. The molecule has 0 saturated heterocycles. The number of rotatable bonds is 7. The maximum Gasteiger partial charge on any atom is 0.305 e. The number of hydrogen-bond acceptors (Lipinski definition) is 4. The van der Waals surface area contributed by atoms with Crippen molar-refractivity contribution < 1.29 is 20.1 Å². The summed E-state index contributed by atoms with van der Waals surface area (Å²) in [5, 5.41) is 31.6. The maximum absolute atomic E-state index is 10.9. The number of nitrogens with one attached hydrogen (secondary N) is 1. The molecule has 0 aliphatic carbocycles. The van der Waals surface area contributed by atoms with Gasteiger partial charge in [-0.05, 0) is 31.9 Å². The van der Waals surface area contributed by atoms with Gasteiger partial charge in [0.15, 0.2) is 0 Å². The summed E-state index contributed by atoms with van der Waals surface area (Å²) in [6, 6.07) is 5.07. The Kier molecular flexibility index (Phi) is 6.13. The number of benzene rings is 1. The summed E-state index contributed by atoms with van der Waals surface area (Å²) in [4.78, 5) is 10.9. The minimum Gasteiger partial charge on any atom is -0.481 e. The number of aliphatic carboxylic acids is 1. The van der Waals surface area contributed by atoms with E-state index in [0.717, 1.165) is 11.1 Å². The molecule has 5 nitrogen and oxygen atoms in total. The number of carboxylic acids is 1. The number of carboxylic acid groups (broad SMARTS) is 1. The van der Waals surface area contributed by atoms with Gasteiger partial charge < -0.3 is 20.6 Å². The van der Waals surface area contributed by atoms with Crippen LogP contribution in [0.1, 0.15) is 36.1 Å². The largest absolute Gasteiger partial charge is 0.481 e. The van der Waals surface area contributed by atoms with E-state index < -0.39 is 24.2 Å². The van der Waals surface area contributed by atoms with E-state index in [4.69, 9.17) is 5.11 Å². The SMILES string of the molecule is Cc1ccc(C)c(C(O)C(CC(=O)O)NCC(C)O)c1. The molecule has 0 radical (unpaired) electrons. The highest BCUT2D eigenvalue weighted by atomic mass is 16.4. The Labute approximate surface area is 119 Å². The van der Waals surface area contributed by atoms with Crippen molar-refractivity contribution in [3.8, 4) is 0 Å². The van der Waals surface area contributed by atoms with Crippen LogP contribution in [0, 0.1) is 13.8 Å². The summed E-state index contributed by atoms with van der Waals surface area (Å²) in [6.07, 6.45) is -1.73. The molecule has 1 aromatic carbocycles. The molecule has 0 aromatic heterocycles. The Morgan fingerprint density at radius 3 is 2.50 bits per heavy atom. The molecular formula is C15H23NO4. The predicted molar refractivity (Wildman–Crippen MR) is 76.6 cm³/mol. The zero-order valence-corrected chi connectivity index (χ0v) is 12.1. The number of hydrogen-bond donors (Lipinski definition) is 4. The molecule has 3 atom stereocenters. The first-order chi connectivity index (χ1) is 9.31. The second-order valence-corrected chi connectivity index (χ2v) is 5.27. The van der Waals surface area contributed by atoms with Gasteiger partial charge in [0, 0.05) is 12.6 Å². The third-order valence-electron chi connectivity index (χ3n) is 3.20. The van der Waals surface area contributed by atoms with Crippen LogP contribution in [0.4, 0.5) is 0 Å². The molecule has 4 N–H and O–H groups in total. The van der Waals surface area contributed by atoms with Gasteiger partial charge in [-0.3, -0.25) is 4.79 Å². The van der Waals surface area contributed by atoms with E-state index in [1.165, 1.54) is 0 Å². The average Bonchev–Trinajstić information content (AvgIpc) is 2.36. The maximum atomic E-state index is 10.9. The fourth-order valence-electron chi connectivity index (χ4n) is 2.10. The minimum absolute atomic E-state index is 0.207. The van der Waals surface area contributed by atoms with E-state index >= 15 is 0 Å². The molecule has 0 amide bonds. The van der Waals surface area contributed by atoms with Crippen LogP contribution in [0.2, 0.25) is 0 Å². The normalized spacial score (nSPS) is 15.7. The Morgan fingerprint density at radius 2 is 1.95 bits per heavy atom. The van der Waals surface area contributed by atoms with Gasteiger partial charge in [-0.1, -0.05) is 23.8 Å². The van der Waals surface area contributed by atoms with Gasteiger partial charge in [-0.25, -0.2) is 0 Å². The van der Waals surface area contributed by atoms with Crippen LogP contribution in [0.15, 0.2) is 18.2 Å². The summed E-state index contributed by atoms with van der Waals surface area (Å²) in [5.74, 6) is -0.988. The summed E-state index contributed by atoms with van der Waals surface area (Å²) in [5.41, 5.74) is 2.64. The molecule has 0 aliphatic rings. The van der Waals surface area contributed by atoms with Crippen molar-refractivity contribution >= 4 is 5.97 Å². The molecule has 0 saturated carbocycles. The Bertz CT molecular complexity index is 459. The highest BCUT2D eigenvalue weighted by Gasteiger charge is 2.24. The van der Waals surface area contributed by atoms with Crippen LogP contribution >= 0.6 is 0 Å². The van der Waals surface area contributed by atoms with Gasteiger partial charge in [0.05, 0.1) is 18.6 Å². The van der Waals surface area contributed by atoms with Crippen LogP contribution < -0.4 is 5.32 Å². The molecule has 1 aromatic rings.